The molecule has 4 heteroatoms. The van der Waals surface area contributed by atoms with Crippen LogP contribution in [0.15, 0.2) is 16.8 Å². The third-order valence-electron chi connectivity index (χ3n) is 1.50. The molecule has 0 fully saturated rings. The first kappa shape index (κ1) is 9.67. The third kappa shape index (κ3) is 3.32. The Kier molecular flexibility index (Phi) is 4.24. The largest absolute Gasteiger partial charge is 0.394 e. The van der Waals surface area contributed by atoms with Crippen molar-refractivity contribution >= 4 is 11.3 Å². The predicted molar refractivity (Wildman–Crippen MR) is 49.1 cm³/mol. The van der Waals surface area contributed by atoms with Crippen LogP contribution in [-0.4, -0.2) is 29.5 Å². The zero-order valence-electron chi connectivity index (χ0n) is 6.73. The van der Waals surface area contributed by atoms with E-state index in [1.165, 1.54) is 5.56 Å². The van der Waals surface area contributed by atoms with Crippen LogP contribution >= 0.6 is 11.3 Å². The van der Waals surface area contributed by atoms with Crippen LogP contribution in [-0.2, 0) is 6.54 Å². The molecular weight excluding hydrogens is 174 g/mol. The molecule has 68 valence electrons. The SMILES string of the molecule is OCC(O)CNCc1ccsc1. The maximum atomic E-state index is 8.98. The molecular formula is C8H13NO2S. The lowest BCUT2D eigenvalue weighted by atomic mass is 10.3. The van der Waals surface area contributed by atoms with Gasteiger partial charge in [0.25, 0.3) is 0 Å². The summed E-state index contributed by atoms with van der Waals surface area (Å²) in [4.78, 5) is 0. The fourth-order valence-electron chi connectivity index (χ4n) is 0.841. The number of nitrogens with one attached hydrogen (secondary N) is 1. The van der Waals surface area contributed by atoms with Gasteiger partial charge in [0.05, 0.1) is 12.7 Å². The Bertz CT molecular complexity index is 201. The van der Waals surface area contributed by atoms with Gasteiger partial charge in [-0.2, -0.15) is 11.3 Å². The molecule has 0 aliphatic heterocycles. The molecule has 0 aliphatic carbocycles. The van der Waals surface area contributed by atoms with E-state index in [-0.39, 0.29) is 6.61 Å². The van der Waals surface area contributed by atoms with Gasteiger partial charge in [0.2, 0.25) is 0 Å². The second-order valence-electron chi connectivity index (χ2n) is 2.60. The Morgan fingerprint density at radius 1 is 1.58 bits per heavy atom. The minimum atomic E-state index is -0.649. The Labute approximate surface area is 75.7 Å². The number of aliphatic hydroxyl groups is 2. The molecule has 3 nitrogen and oxygen atoms in total. The fraction of sp³-hybridized carbons (Fsp3) is 0.500. The van der Waals surface area contributed by atoms with Crippen LogP contribution in [0, 0.1) is 0 Å². The quantitative estimate of drug-likeness (QED) is 0.617. The highest BCUT2D eigenvalue weighted by molar-refractivity contribution is 7.07. The van der Waals surface area contributed by atoms with Gasteiger partial charge in [-0.3, -0.25) is 0 Å². The molecule has 0 amide bonds. The maximum absolute atomic E-state index is 8.98. The first-order valence-electron chi connectivity index (χ1n) is 3.83. The van der Waals surface area contributed by atoms with Gasteiger partial charge in [-0.05, 0) is 22.4 Å². The molecule has 1 aromatic rings. The summed E-state index contributed by atoms with van der Waals surface area (Å²) in [5.74, 6) is 0. The van der Waals surface area contributed by atoms with Crippen LogP contribution in [0.3, 0.4) is 0 Å². The van der Waals surface area contributed by atoms with Crippen LogP contribution in [0.2, 0.25) is 0 Å². The number of hydrogen-bond acceptors (Lipinski definition) is 4. The Hall–Kier alpha value is -0.420. The lowest BCUT2D eigenvalue weighted by molar-refractivity contribution is 0.0942. The van der Waals surface area contributed by atoms with E-state index in [0.717, 1.165) is 6.54 Å². The minimum Gasteiger partial charge on any atom is -0.394 e. The van der Waals surface area contributed by atoms with E-state index in [4.69, 9.17) is 10.2 Å². The molecule has 1 aromatic heterocycles. The topological polar surface area (TPSA) is 52.5 Å². The molecule has 0 saturated carbocycles. The summed E-state index contributed by atoms with van der Waals surface area (Å²) in [6.07, 6.45) is -0.649. The van der Waals surface area contributed by atoms with E-state index in [1.807, 2.05) is 11.4 Å². The van der Waals surface area contributed by atoms with Gasteiger partial charge in [-0.15, -0.1) is 0 Å². The van der Waals surface area contributed by atoms with Crippen molar-refractivity contribution in [3.63, 3.8) is 0 Å². The van der Waals surface area contributed by atoms with E-state index < -0.39 is 6.10 Å². The van der Waals surface area contributed by atoms with Crippen molar-refractivity contribution < 1.29 is 10.2 Å². The summed E-state index contributed by atoms with van der Waals surface area (Å²) in [7, 11) is 0. The Balaban J connectivity index is 2.11. The van der Waals surface area contributed by atoms with Gasteiger partial charge < -0.3 is 15.5 Å². The summed E-state index contributed by atoms with van der Waals surface area (Å²) in [6.45, 7) is 1.00. The van der Waals surface area contributed by atoms with Crippen molar-refractivity contribution in [1.29, 1.82) is 0 Å². The average molecular weight is 187 g/mol. The second-order valence-corrected chi connectivity index (χ2v) is 3.38. The van der Waals surface area contributed by atoms with Crippen LogP contribution in [0.5, 0.6) is 0 Å². The van der Waals surface area contributed by atoms with Crippen molar-refractivity contribution in [3.05, 3.63) is 22.4 Å². The molecule has 1 unspecified atom stereocenters. The fourth-order valence-corrected chi connectivity index (χ4v) is 1.51. The van der Waals surface area contributed by atoms with Crippen LogP contribution in [0.1, 0.15) is 5.56 Å². The lowest BCUT2D eigenvalue weighted by Gasteiger charge is -2.07. The molecule has 0 aromatic carbocycles. The number of thiophene rings is 1. The normalized spacial score (nSPS) is 13.2. The summed E-state index contributed by atoms with van der Waals surface area (Å²) >= 11 is 1.65. The predicted octanol–water partition coefficient (Wildman–Crippen LogP) is 0.191. The van der Waals surface area contributed by atoms with Gasteiger partial charge in [-0.1, -0.05) is 0 Å². The lowest BCUT2D eigenvalue weighted by Crippen LogP contribution is -2.28. The third-order valence-corrected chi connectivity index (χ3v) is 2.23. The monoisotopic (exact) mass is 187 g/mol. The van der Waals surface area contributed by atoms with E-state index in [0.29, 0.717) is 6.54 Å². The molecule has 0 radical (unpaired) electrons. The van der Waals surface area contributed by atoms with E-state index in [2.05, 4.69) is 10.7 Å². The smallest absolute Gasteiger partial charge is 0.0895 e. The summed E-state index contributed by atoms with van der Waals surface area (Å²) < 4.78 is 0. The van der Waals surface area contributed by atoms with Crippen molar-refractivity contribution in [1.82, 2.24) is 5.32 Å². The molecule has 1 atom stereocenters. The zero-order chi connectivity index (χ0) is 8.81. The molecule has 1 rings (SSSR count). The van der Waals surface area contributed by atoms with E-state index in [1.54, 1.807) is 11.3 Å². The maximum Gasteiger partial charge on any atom is 0.0895 e. The van der Waals surface area contributed by atoms with Crippen molar-refractivity contribution in [2.24, 2.45) is 0 Å². The van der Waals surface area contributed by atoms with E-state index in [9.17, 15) is 0 Å². The van der Waals surface area contributed by atoms with Crippen molar-refractivity contribution in [2.45, 2.75) is 12.6 Å². The average Bonchev–Trinajstić information content (AvgIpc) is 2.57. The van der Waals surface area contributed by atoms with Gasteiger partial charge in [-0.25, -0.2) is 0 Å². The first-order chi connectivity index (χ1) is 5.83. The van der Waals surface area contributed by atoms with Gasteiger partial charge in [0, 0.05) is 13.1 Å². The molecule has 0 spiro atoms. The summed E-state index contributed by atoms with van der Waals surface area (Å²) in [5, 5.41) is 24.6. The molecule has 0 aliphatic rings. The van der Waals surface area contributed by atoms with Gasteiger partial charge >= 0.3 is 0 Å². The highest BCUT2D eigenvalue weighted by Crippen LogP contribution is 2.04. The highest BCUT2D eigenvalue weighted by Gasteiger charge is 2.00. The van der Waals surface area contributed by atoms with E-state index >= 15 is 0 Å². The Morgan fingerprint density at radius 3 is 3.00 bits per heavy atom. The first-order valence-corrected chi connectivity index (χ1v) is 4.78. The molecule has 1 heterocycles. The summed E-state index contributed by atoms with van der Waals surface area (Å²) in [6, 6.07) is 2.03. The number of hydrogen-bond donors (Lipinski definition) is 3. The van der Waals surface area contributed by atoms with Crippen molar-refractivity contribution in [3.8, 4) is 0 Å². The second kappa shape index (κ2) is 5.27. The van der Waals surface area contributed by atoms with Crippen LogP contribution < -0.4 is 5.32 Å². The molecule has 0 bridgehead atoms. The number of aliphatic hydroxyl groups excluding tert-OH is 2. The number of rotatable bonds is 5. The standard InChI is InChI=1S/C8H13NO2S/c10-5-8(11)4-9-3-7-1-2-12-6-7/h1-2,6,8-11H,3-5H2. The molecule has 3 N–H and O–H groups in total. The van der Waals surface area contributed by atoms with Crippen molar-refractivity contribution in [2.75, 3.05) is 13.2 Å². The van der Waals surface area contributed by atoms with Gasteiger partial charge in [0.1, 0.15) is 0 Å². The minimum absolute atomic E-state index is 0.184. The van der Waals surface area contributed by atoms with Crippen LogP contribution in [0.25, 0.3) is 0 Å². The Morgan fingerprint density at radius 2 is 2.42 bits per heavy atom. The summed E-state index contributed by atoms with van der Waals surface area (Å²) in [5.41, 5.74) is 1.21. The molecule has 0 saturated heterocycles. The van der Waals surface area contributed by atoms with Crippen LogP contribution in [0.4, 0.5) is 0 Å². The highest BCUT2D eigenvalue weighted by atomic mass is 32.1. The molecule has 12 heavy (non-hydrogen) atoms. The zero-order valence-corrected chi connectivity index (χ0v) is 7.55. The van der Waals surface area contributed by atoms with Gasteiger partial charge in [0.15, 0.2) is 0 Å².